The Bertz CT molecular complexity index is 226. The van der Waals surface area contributed by atoms with Gasteiger partial charge in [-0.2, -0.15) is 0 Å². The highest BCUT2D eigenvalue weighted by molar-refractivity contribution is 4.81. The first-order chi connectivity index (χ1) is 7.60. The molecular formula is C15H32N2. The predicted molar refractivity (Wildman–Crippen MR) is 76.1 cm³/mol. The molecule has 102 valence electrons. The van der Waals surface area contributed by atoms with Crippen LogP contribution in [0.25, 0.3) is 0 Å². The van der Waals surface area contributed by atoms with Crippen LogP contribution in [0.4, 0.5) is 0 Å². The van der Waals surface area contributed by atoms with Gasteiger partial charge in [0.1, 0.15) is 0 Å². The minimum Gasteiger partial charge on any atom is -0.290 e. The first-order valence-electron chi connectivity index (χ1n) is 7.04. The van der Waals surface area contributed by atoms with Crippen LogP contribution >= 0.6 is 0 Å². The molecule has 1 aliphatic heterocycles. The van der Waals surface area contributed by atoms with Gasteiger partial charge in [-0.3, -0.25) is 9.80 Å². The third kappa shape index (κ3) is 4.59. The summed E-state index contributed by atoms with van der Waals surface area (Å²) in [6.07, 6.45) is 2.73. The Labute approximate surface area is 108 Å². The van der Waals surface area contributed by atoms with Crippen molar-refractivity contribution in [3.63, 3.8) is 0 Å². The van der Waals surface area contributed by atoms with Crippen LogP contribution < -0.4 is 0 Å². The van der Waals surface area contributed by atoms with Crippen LogP contribution in [0, 0.1) is 11.3 Å². The Hall–Kier alpha value is -0.0800. The molecule has 0 bridgehead atoms. The Balaban J connectivity index is 2.38. The summed E-state index contributed by atoms with van der Waals surface area (Å²) in [7, 11) is 2.23. The number of hydrogen-bond acceptors (Lipinski definition) is 2. The maximum absolute atomic E-state index is 2.60. The molecule has 0 aromatic rings. The Kier molecular flexibility index (Phi) is 4.65. The molecule has 1 rings (SSSR count). The fourth-order valence-corrected chi connectivity index (χ4v) is 2.45. The highest BCUT2D eigenvalue weighted by atomic mass is 15.3. The molecule has 1 aliphatic rings. The van der Waals surface area contributed by atoms with Crippen molar-refractivity contribution in [1.29, 1.82) is 0 Å². The average Bonchev–Trinajstić information content (AvgIpc) is 2.15. The van der Waals surface area contributed by atoms with Gasteiger partial charge in [0.2, 0.25) is 0 Å². The van der Waals surface area contributed by atoms with E-state index >= 15 is 0 Å². The lowest BCUT2D eigenvalue weighted by atomic mass is 9.75. The highest BCUT2D eigenvalue weighted by Crippen LogP contribution is 2.34. The fourth-order valence-electron chi connectivity index (χ4n) is 2.45. The summed E-state index contributed by atoms with van der Waals surface area (Å²) in [6.45, 7) is 17.7. The summed E-state index contributed by atoms with van der Waals surface area (Å²) in [5.74, 6) is 0.902. The van der Waals surface area contributed by atoms with Gasteiger partial charge in [0.15, 0.2) is 0 Å². The molecular weight excluding hydrogens is 208 g/mol. The molecule has 0 unspecified atom stereocenters. The first kappa shape index (κ1) is 15.0. The third-order valence-electron chi connectivity index (χ3n) is 4.37. The van der Waals surface area contributed by atoms with E-state index in [9.17, 15) is 0 Å². The van der Waals surface area contributed by atoms with Crippen LogP contribution in [-0.4, -0.2) is 42.1 Å². The van der Waals surface area contributed by atoms with Gasteiger partial charge >= 0.3 is 0 Å². The topological polar surface area (TPSA) is 6.48 Å². The zero-order chi connectivity index (χ0) is 13.3. The average molecular weight is 240 g/mol. The van der Waals surface area contributed by atoms with Gasteiger partial charge < -0.3 is 0 Å². The van der Waals surface area contributed by atoms with Crippen molar-refractivity contribution in [2.45, 2.75) is 59.9 Å². The number of likely N-dealkylation sites (tertiary alicyclic amines) is 1. The minimum absolute atomic E-state index is 0.279. The van der Waals surface area contributed by atoms with Crippen molar-refractivity contribution < 1.29 is 0 Å². The minimum atomic E-state index is 0.279. The van der Waals surface area contributed by atoms with Crippen molar-refractivity contribution in [3.05, 3.63) is 0 Å². The molecule has 1 saturated heterocycles. The molecule has 1 fully saturated rings. The normalized spacial score (nSPS) is 21.2. The molecule has 0 saturated carbocycles. The van der Waals surface area contributed by atoms with Crippen molar-refractivity contribution in [3.8, 4) is 0 Å². The monoisotopic (exact) mass is 240 g/mol. The Morgan fingerprint density at radius 1 is 1.00 bits per heavy atom. The number of hydrogen-bond donors (Lipinski definition) is 0. The molecule has 2 nitrogen and oxygen atoms in total. The van der Waals surface area contributed by atoms with Gasteiger partial charge in [0.05, 0.1) is 6.67 Å². The van der Waals surface area contributed by atoms with Gasteiger partial charge in [0.25, 0.3) is 0 Å². The molecule has 1 heterocycles. The summed E-state index contributed by atoms with van der Waals surface area (Å²) >= 11 is 0. The lowest BCUT2D eigenvalue weighted by molar-refractivity contribution is 0.0408. The van der Waals surface area contributed by atoms with Gasteiger partial charge in [-0.05, 0) is 65.1 Å². The molecule has 17 heavy (non-hydrogen) atoms. The molecule has 0 spiro atoms. The van der Waals surface area contributed by atoms with Gasteiger partial charge in [-0.25, -0.2) is 0 Å². The van der Waals surface area contributed by atoms with Crippen LogP contribution in [-0.2, 0) is 0 Å². The molecule has 0 radical (unpaired) electrons. The van der Waals surface area contributed by atoms with Crippen molar-refractivity contribution in [1.82, 2.24) is 9.80 Å². The lowest BCUT2D eigenvalue weighted by Crippen LogP contribution is -2.48. The van der Waals surface area contributed by atoms with E-state index < -0.39 is 0 Å². The zero-order valence-corrected chi connectivity index (χ0v) is 13.0. The van der Waals surface area contributed by atoms with Crippen LogP contribution in [0.1, 0.15) is 54.4 Å². The van der Waals surface area contributed by atoms with Gasteiger partial charge in [0, 0.05) is 5.54 Å². The summed E-state index contributed by atoms with van der Waals surface area (Å²) in [4.78, 5) is 5.05. The third-order valence-corrected chi connectivity index (χ3v) is 4.37. The van der Waals surface area contributed by atoms with Crippen molar-refractivity contribution in [2.24, 2.45) is 11.3 Å². The molecule has 0 atom stereocenters. The lowest BCUT2D eigenvalue weighted by Gasteiger charge is -2.42. The molecule has 0 aliphatic carbocycles. The predicted octanol–water partition coefficient (Wildman–Crippen LogP) is 3.43. The highest BCUT2D eigenvalue weighted by Gasteiger charge is 2.29. The number of piperidine rings is 1. The largest absolute Gasteiger partial charge is 0.290 e. The maximum Gasteiger partial charge on any atom is 0.0508 e. The number of nitrogens with zero attached hydrogens (tertiary/aromatic N) is 2. The quantitative estimate of drug-likeness (QED) is 0.729. The Morgan fingerprint density at radius 2 is 1.47 bits per heavy atom. The van der Waals surface area contributed by atoms with Crippen LogP contribution in [0.15, 0.2) is 0 Å². The zero-order valence-electron chi connectivity index (χ0n) is 13.0. The van der Waals surface area contributed by atoms with Gasteiger partial charge in [-0.15, -0.1) is 0 Å². The second-order valence-corrected chi connectivity index (χ2v) is 7.77. The summed E-state index contributed by atoms with van der Waals surface area (Å²) in [6, 6.07) is 0. The van der Waals surface area contributed by atoms with E-state index in [1.54, 1.807) is 0 Å². The fraction of sp³-hybridized carbons (Fsp3) is 1.00. The first-order valence-corrected chi connectivity index (χ1v) is 7.04. The molecule has 0 N–H and O–H groups in total. The van der Waals surface area contributed by atoms with E-state index in [1.807, 2.05) is 0 Å². The number of rotatable bonds is 2. The second-order valence-electron chi connectivity index (χ2n) is 7.77. The van der Waals surface area contributed by atoms with Crippen LogP contribution in [0.5, 0.6) is 0 Å². The summed E-state index contributed by atoms with van der Waals surface area (Å²) < 4.78 is 0. The SMILES string of the molecule is CN(CN1CCC(C(C)(C)C)CC1)C(C)(C)C. The smallest absolute Gasteiger partial charge is 0.0508 e. The Morgan fingerprint density at radius 3 is 1.82 bits per heavy atom. The van der Waals surface area contributed by atoms with E-state index in [0.29, 0.717) is 5.41 Å². The molecule has 2 heteroatoms. The van der Waals surface area contributed by atoms with Gasteiger partial charge in [-0.1, -0.05) is 20.8 Å². The molecule has 0 aromatic carbocycles. The van der Waals surface area contributed by atoms with Crippen molar-refractivity contribution >= 4 is 0 Å². The van der Waals surface area contributed by atoms with E-state index in [-0.39, 0.29) is 5.54 Å². The van der Waals surface area contributed by atoms with E-state index in [1.165, 1.54) is 25.9 Å². The summed E-state index contributed by atoms with van der Waals surface area (Å²) in [5.41, 5.74) is 0.767. The van der Waals surface area contributed by atoms with Crippen LogP contribution in [0.3, 0.4) is 0 Å². The van der Waals surface area contributed by atoms with E-state index in [0.717, 1.165) is 12.6 Å². The van der Waals surface area contributed by atoms with Crippen molar-refractivity contribution in [2.75, 3.05) is 26.8 Å². The second kappa shape index (κ2) is 5.27. The van der Waals surface area contributed by atoms with E-state index in [4.69, 9.17) is 0 Å². The molecule has 0 aromatic heterocycles. The standard InChI is InChI=1S/C15H32N2/c1-14(2,3)13-8-10-17(11-9-13)12-16(7)15(4,5)6/h13H,8-12H2,1-7H3. The molecule has 0 amide bonds. The maximum atomic E-state index is 2.60. The van der Waals surface area contributed by atoms with Crippen LogP contribution in [0.2, 0.25) is 0 Å². The summed E-state index contributed by atoms with van der Waals surface area (Å²) in [5, 5.41) is 0. The van der Waals surface area contributed by atoms with E-state index in [2.05, 4.69) is 58.4 Å².